The van der Waals surface area contributed by atoms with Crippen LogP contribution in [0, 0.1) is 0 Å². The van der Waals surface area contributed by atoms with Gasteiger partial charge in [0.2, 0.25) is 0 Å². The summed E-state index contributed by atoms with van der Waals surface area (Å²) in [4.78, 5) is 11.3. The topological polar surface area (TPSA) is 35.5 Å². The van der Waals surface area contributed by atoms with E-state index in [1.54, 1.807) is 0 Å². The zero-order valence-electron chi connectivity index (χ0n) is 7.97. The van der Waals surface area contributed by atoms with Crippen molar-refractivity contribution in [2.45, 2.75) is 6.61 Å². The zero-order chi connectivity index (χ0) is 12.3. The molecule has 0 unspecified atom stereocenters. The maximum Gasteiger partial charge on any atom is 0.387 e. The van der Waals surface area contributed by atoms with Gasteiger partial charge >= 0.3 is 12.6 Å². The van der Waals surface area contributed by atoms with Crippen molar-refractivity contribution in [1.29, 1.82) is 0 Å². The highest BCUT2D eigenvalue weighted by molar-refractivity contribution is 9.11. The molecule has 0 aliphatic rings. The summed E-state index contributed by atoms with van der Waals surface area (Å²) < 4.78 is 33.3. The Hall–Kier alpha value is -0.690. The second-order valence-electron chi connectivity index (χ2n) is 2.63. The highest BCUT2D eigenvalue weighted by atomic mass is 79.9. The van der Waals surface area contributed by atoms with Crippen molar-refractivity contribution >= 4 is 37.8 Å². The number of carbonyl (C=O) groups excluding carboxylic acids is 1. The molecule has 3 nitrogen and oxygen atoms in total. The fraction of sp³-hybridized carbons (Fsp3) is 0.222. The summed E-state index contributed by atoms with van der Waals surface area (Å²) in [6.07, 6.45) is 0. The van der Waals surface area contributed by atoms with E-state index >= 15 is 0 Å². The molecule has 16 heavy (non-hydrogen) atoms. The first-order valence-electron chi connectivity index (χ1n) is 3.98. The smallest absolute Gasteiger partial charge is 0.387 e. The maximum atomic E-state index is 12.0. The molecule has 1 aromatic rings. The Morgan fingerprint density at radius 2 is 1.94 bits per heavy atom. The molecule has 0 saturated heterocycles. The predicted molar refractivity (Wildman–Crippen MR) is 59.8 cm³/mol. The van der Waals surface area contributed by atoms with E-state index in [0.29, 0.717) is 4.47 Å². The quantitative estimate of drug-likeness (QED) is 0.773. The molecule has 1 aromatic carbocycles. The Morgan fingerprint density at radius 1 is 1.31 bits per heavy atom. The minimum absolute atomic E-state index is 0.0606. The molecule has 0 atom stereocenters. The van der Waals surface area contributed by atoms with Gasteiger partial charge in [-0.05, 0) is 44.0 Å². The lowest BCUT2D eigenvalue weighted by molar-refractivity contribution is -0.0503. The number of carbonyl (C=O) groups is 1. The lowest BCUT2D eigenvalue weighted by Crippen LogP contribution is -2.06. The van der Waals surface area contributed by atoms with Gasteiger partial charge in [-0.15, -0.1) is 0 Å². The highest BCUT2D eigenvalue weighted by Crippen LogP contribution is 2.32. The monoisotopic (exact) mass is 358 g/mol. The second kappa shape index (κ2) is 5.58. The van der Waals surface area contributed by atoms with Gasteiger partial charge in [-0.25, -0.2) is 4.79 Å². The number of alkyl halides is 2. The van der Waals surface area contributed by atoms with Gasteiger partial charge in [0.05, 0.1) is 17.1 Å². The summed E-state index contributed by atoms with van der Waals surface area (Å²) in [5, 5.41) is 0. The summed E-state index contributed by atoms with van der Waals surface area (Å²) in [5.74, 6) is -0.634. The minimum atomic E-state index is -2.92. The van der Waals surface area contributed by atoms with E-state index in [2.05, 4.69) is 41.3 Å². The summed E-state index contributed by atoms with van der Waals surface area (Å²) in [6.45, 7) is -2.92. The number of benzene rings is 1. The molecule has 0 radical (unpaired) electrons. The van der Waals surface area contributed by atoms with Crippen molar-refractivity contribution in [3.8, 4) is 5.75 Å². The summed E-state index contributed by atoms with van der Waals surface area (Å²) in [5.41, 5.74) is 0.219. The number of ether oxygens (including phenoxy) is 2. The number of hydrogen-bond donors (Lipinski definition) is 0. The number of methoxy groups -OCH3 is 1. The van der Waals surface area contributed by atoms with Gasteiger partial charge in [-0.3, -0.25) is 0 Å². The number of esters is 1. The summed E-state index contributed by atoms with van der Waals surface area (Å²) in [7, 11) is 1.23. The van der Waals surface area contributed by atoms with E-state index in [-0.39, 0.29) is 15.8 Å². The molecule has 0 aliphatic heterocycles. The molecule has 0 saturated carbocycles. The molecular formula is C9H6Br2F2O3. The first kappa shape index (κ1) is 13.4. The van der Waals surface area contributed by atoms with Gasteiger partial charge in [0.25, 0.3) is 0 Å². The molecule has 0 heterocycles. The van der Waals surface area contributed by atoms with Crippen molar-refractivity contribution in [1.82, 2.24) is 0 Å². The van der Waals surface area contributed by atoms with Crippen LogP contribution in [-0.4, -0.2) is 19.7 Å². The van der Waals surface area contributed by atoms with E-state index in [4.69, 9.17) is 0 Å². The SMILES string of the molecule is COC(=O)c1cc(Br)c(OC(F)F)cc1Br. The van der Waals surface area contributed by atoms with Crippen molar-refractivity contribution in [3.05, 3.63) is 26.6 Å². The van der Waals surface area contributed by atoms with Crippen LogP contribution < -0.4 is 4.74 Å². The number of hydrogen-bond acceptors (Lipinski definition) is 3. The molecule has 0 bridgehead atoms. The molecule has 7 heteroatoms. The third-order valence-electron chi connectivity index (χ3n) is 1.64. The third kappa shape index (κ3) is 3.15. The molecule has 0 N–H and O–H groups in total. The van der Waals surface area contributed by atoms with Gasteiger partial charge < -0.3 is 9.47 Å². The molecule has 0 aromatic heterocycles. The Labute approximate surface area is 107 Å². The Morgan fingerprint density at radius 3 is 2.44 bits per heavy atom. The van der Waals surface area contributed by atoms with E-state index < -0.39 is 12.6 Å². The third-order valence-corrected chi connectivity index (χ3v) is 2.92. The highest BCUT2D eigenvalue weighted by Gasteiger charge is 2.16. The molecular weight excluding hydrogens is 354 g/mol. The fourth-order valence-corrected chi connectivity index (χ4v) is 1.90. The lowest BCUT2D eigenvalue weighted by Gasteiger charge is -2.09. The van der Waals surface area contributed by atoms with Crippen LogP contribution in [0.3, 0.4) is 0 Å². The van der Waals surface area contributed by atoms with Crippen molar-refractivity contribution in [3.63, 3.8) is 0 Å². The van der Waals surface area contributed by atoms with E-state index in [1.165, 1.54) is 19.2 Å². The van der Waals surface area contributed by atoms with Crippen LogP contribution in [-0.2, 0) is 4.74 Å². The fourth-order valence-electron chi connectivity index (χ4n) is 0.981. The largest absolute Gasteiger partial charge is 0.465 e. The molecule has 0 spiro atoms. The standard InChI is InChI=1S/C9H6Br2F2O3/c1-15-8(14)4-2-6(11)7(3-5(4)10)16-9(12)13/h2-3,9H,1H3. The predicted octanol–water partition coefficient (Wildman–Crippen LogP) is 3.60. The van der Waals surface area contributed by atoms with E-state index in [0.717, 1.165) is 0 Å². The van der Waals surface area contributed by atoms with Gasteiger partial charge in [-0.1, -0.05) is 0 Å². The normalized spacial score (nSPS) is 10.4. The Balaban J connectivity index is 3.11. The summed E-state index contributed by atoms with van der Waals surface area (Å²) in [6, 6.07) is 2.61. The van der Waals surface area contributed by atoms with Gasteiger partial charge in [0.15, 0.2) is 0 Å². The van der Waals surface area contributed by atoms with E-state index in [9.17, 15) is 13.6 Å². The van der Waals surface area contributed by atoms with Crippen molar-refractivity contribution in [2.75, 3.05) is 7.11 Å². The average Bonchev–Trinajstić information content (AvgIpc) is 2.21. The van der Waals surface area contributed by atoms with Gasteiger partial charge in [0, 0.05) is 4.47 Å². The molecule has 1 rings (SSSR count). The first-order valence-corrected chi connectivity index (χ1v) is 5.56. The molecule has 0 fully saturated rings. The number of halogens is 4. The number of rotatable bonds is 3. The second-order valence-corrected chi connectivity index (χ2v) is 4.34. The van der Waals surface area contributed by atoms with Crippen LogP contribution >= 0.6 is 31.9 Å². The van der Waals surface area contributed by atoms with Crippen LogP contribution in [0.1, 0.15) is 10.4 Å². The molecule has 0 aliphatic carbocycles. The van der Waals surface area contributed by atoms with Gasteiger partial charge in [0.1, 0.15) is 5.75 Å². The van der Waals surface area contributed by atoms with Crippen LogP contribution in [0.25, 0.3) is 0 Å². The average molecular weight is 360 g/mol. The molecule has 88 valence electrons. The van der Waals surface area contributed by atoms with Crippen LogP contribution in [0.4, 0.5) is 8.78 Å². The Bertz CT molecular complexity index is 410. The van der Waals surface area contributed by atoms with Crippen LogP contribution in [0.5, 0.6) is 5.75 Å². The van der Waals surface area contributed by atoms with E-state index in [1.807, 2.05) is 0 Å². The minimum Gasteiger partial charge on any atom is -0.465 e. The molecule has 0 amide bonds. The lowest BCUT2D eigenvalue weighted by atomic mass is 10.2. The van der Waals surface area contributed by atoms with Crippen molar-refractivity contribution < 1.29 is 23.0 Å². The van der Waals surface area contributed by atoms with Gasteiger partial charge in [-0.2, -0.15) is 8.78 Å². The summed E-state index contributed by atoms with van der Waals surface area (Å²) >= 11 is 6.09. The maximum absolute atomic E-state index is 12.0. The Kier molecular flexibility index (Phi) is 4.67. The van der Waals surface area contributed by atoms with Crippen LogP contribution in [0.15, 0.2) is 21.1 Å². The zero-order valence-corrected chi connectivity index (χ0v) is 11.1. The first-order chi connectivity index (χ1) is 7.45. The van der Waals surface area contributed by atoms with Crippen molar-refractivity contribution in [2.24, 2.45) is 0 Å². The van der Waals surface area contributed by atoms with Crippen LogP contribution in [0.2, 0.25) is 0 Å².